The Morgan fingerprint density at radius 1 is 1.18 bits per heavy atom. The van der Waals surface area contributed by atoms with Gasteiger partial charge in [-0.3, -0.25) is 9.88 Å². The molecule has 34 heavy (non-hydrogen) atoms. The van der Waals surface area contributed by atoms with Crippen LogP contribution in [0, 0.1) is 5.82 Å². The van der Waals surface area contributed by atoms with Crippen LogP contribution in [-0.2, 0) is 6.18 Å². The van der Waals surface area contributed by atoms with Crippen LogP contribution in [0.5, 0.6) is 5.75 Å². The summed E-state index contributed by atoms with van der Waals surface area (Å²) in [6.45, 7) is 8.16. The van der Waals surface area contributed by atoms with Crippen molar-refractivity contribution < 1.29 is 22.3 Å². The van der Waals surface area contributed by atoms with E-state index in [0.29, 0.717) is 35.8 Å². The molecule has 2 rings (SSSR count). The first-order valence-corrected chi connectivity index (χ1v) is 10.8. The summed E-state index contributed by atoms with van der Waals surface area (Å²) in [5.74, 6) is 0.458. The van der Waals surface area contributed by atoms with Gasteiger partial charge in [-0.05, 0) is 63.7 Å². The van der Waals surface area contributed by atoms with E-state index >= 15 is 0 Å². The van der Waals surface area contributed by atoms with Crippen LogP contribution in [0.25, 0.3) is 0 Å². The zero-order valence-corrected chi connectivity index (χ0v) is 20.2. The van der Waals surface area contributed by atoms with Crippen LogP contribution in [0.15, 0.2) is 52.9 Å². The van der Waals surface area contributed by atoms with Crippen molar-refractivity contribution in [3.63, 3.8) is 0 Å². The lowest BCUT2D eigenvalue weighted by atomic mass is 10.1. The normalized spacial score (nSPS) is 14.0. The molecule has 0 amide bonds. The molecule has 0 fully saturated rings. The maximum absolute atomic E-state index is 14.0. The fourth-order valence-electron chi connectivity index (χ4n) is 2.94. The van der Waals surface area contributed by atoms with Crippen molar-refractivity contribution in [2.75, 3.05) is 26.0 Å². The molecule has 0 radical (unpaired) electrons. The molecule has 1 atom stereocenters. The molecule has 186 valence electrons. The number of methoxy groups -OCH3 is 1. The van der Waals surface area contributed by atoms with Gasteiger partial charge in [-0.2, -0.15) is 13.2 Å². The highest BCUT2D eigenvalue weighted by Gasteiger charge is 2.32. The minimum absolute atomic E-state index is 0.242. The minimum atomic E-state index is -4.55. The average molecular weight is 482 g/mol. The Hall–Kier alpha value is -3.14. The number of alkyl halides is 3. The Morgan fingerprint density at radius 3 is 2.47 bits per heavy atom. The van der Waals surface area contributed by atoms with Gasteiger partial charge in [-0.25, -0.2) is 9.38 Å². The first-order valence-electron chi connectivity index (χ1n) is 10.8. The monoisotopic (exact) mass is 481 g/mol. The third-order valence-electron chi connectivity index (χ3n) is 5.31. The number of aliphatic imine (C=N–C) groups is 1. The van der Waals surface area contributed by atoms with E-state index in [1.807, 2.05) is 32.7 Å². The van der Waals surface area contributed by atoms with Crippen LogP contribution in [0.1, 0.15) is 45.4 Å². The van der Waals surface area contributed by atoms with E-state index < -0.39 is 24.0 Å². The van der Waals surface area contributed by atoms with Gasteiger partial charge in [-0.15, -0.1) is 0 Å². The third-order valence-corrected chi connectivity index (χ3v) is 5.31. The van der Waals surface area contributed by atoms with E-state index in [4.69, 9.17) is 9.73 Å². The predicted molar refractivity (Wildman–Crippen MR) is 126 cm³/mol. The fraction of sp³-hybridized carbons (Fsp3) is 0.417. The number of halogens is 4. The lowest BCUT2D eigenvalue weighted by Crippen LogP contribution is -2.44. The van der Waals surface area contributed by atoms with E-state index in [9.17, 15) is 17.6 Å². The van der Waals surface area contributed by atoms with Crippen LogP contribution in [0.2, 0.25) is 0 Å². The molecule has 0 aliphatic rings. The lowest BCUT2D eigenvalue weighted by Gasteiger charge is -2.28. The van der Waals surface area contributed by atoms with Crippen molar-refractivity contribution in [3.8, 4) is 5.75 Å². The molecule has 2 aromatic rings. The van der Waals surface area contributed by atoms with Crippen molar-refractivity contribution >= 4 is 11.4 Å². The second kappa shape index (κ2) is 11.8. The first-order chi connectivity index (χ1) is 16.0. The topological polar surface area (TPSA) is 61.8 Å². The molecule has 0 aliphatic heterocycles. The molecule has 1 aromatic carbocycles. The van der Waals surface area contributed by atoms with Crippen molar-refractivity contribution in [1.29, 1.82) is 0 Å². The van der Waals surface area contributed by atoms with E-state index in [1.54, 1.807) is 13.0 Å². The maximum atomic E-state index is 14.0. The van der Waals surface area contributed by atoms with E-state index in [2.05, 4.69) is 15.6 Å². The molecule has 0 saturated carbocycles. The number of ether oxygens (including phenoxy) is 1. The molecule has 0 aliphatic carbocycles. The largest absolute Gasteiger partial charge is 0.497 e. The van der Waals surface area contributed by atoms with Crippen molar-refractivity contribution in [2.45, 2.75) is 46.6 Å². The van der Waals surface area contributed by atoms with Crippen LogP contribution >= 0.6 is 0 Å². The molecule has 0 bridgehead atoms. The smallest absolute Gasteiger partial charge is 0.433 e. The van der Waals surface area contributed by atoms with Gasteiger partial charge in [0.1, 0.15) is 23.1 Å². The number of aromatic nitrogens is 1. The average Bonchev–Trinajstić information content (AvgIpc) is 2.81. The fourth-order valence-corrected chi connectivity index (χ4v) is 2.94. The summed E-state index contributed by atoms with van der Waals surface area (Å²) >= 11 is 0. The number of nitrogens with zero attached hydrogens (tertiary/aromatic N) is 3. The molecule has 6 nitrogen and oxygen atoms in total. The highest BCUT2D eigenvalue weighted by atomic mass is 19.4. The van der Waals surface area contributed by atoms with Gasteiger partial charge in [0, 0.05) is 29.2 Å². The van der Waals surface area contributed by atoms with Crippen molar-refractivity contribution in [1.82, 2.24) is 15.2 Å². The standard InChI is InChI=1S/C24H31F4N5O/c1-7-15(3)22(31-19-9-10-29-21(14-19)24(26,27)28)32-23(33(5)8-2)30-16(4)17-11-18(25)13-20(12-17)34-6/h9-14,23,32H,7-8H2,1-6H3,(H,29,31)/b22-15+,30-16+. The SMILES string of the molecule is CC/C(C)=C(\Nc1ccnc(C(F)(F)F)c1)NC(/N=C(\C)c1cc(F)cc(OC)c1)N(C)CC. The minimum Gasteiger partial charge on any atom is -0.497 e. The van der Waals surface area contributed by atoms with Crippen LogP contribution in [0.4, 0.5) is 23.2 Å². The summed E-state index contributed by atoms with van der Waals surface area (Å²) in [7, 11) is 3.31. The van der Waals surface area contributed by atoms with E-state index in [1.165, 1.54) is 25.3 Å². The Morgan fingerprint density at radius 2 is 1.88 bits per heavy atom. The van der Waals surface area contributed by atoms with Crippen LogP contribution in [0.3, 0.4) is 0 Å². The van der Waals surface area contributed by atoms with Gasteiger partial charge >= 0.3 is 6.18 Å². The van der Waals surface area contributed by atoms with Gasteiger partial charge in [0.2, 0.25) is 0 Å². The third kappa shape index (κ3) is 7.44. The molecule has 2 N–H and O–H groups in total. The molecule has 10 heteroatoms. The Labute approximate surface area is 197 Å². The lowest BCUT2D eigenvalue weighted by molar-refractivity contribution is -0.141. The zero-order chi connectivity index (χ0) is 25.5. The summed E-state index contributed by atoms with van der Waals surface area (Å²) in [6.07, 6.45) is -3.36. The predicted octanol–water partition coefficient (Wildman–Crippen LogP) is 5.64. The van der Waals surface area contributed by atoms with Crippen LogP contribution < -0.4 is 15.4 Å². The van der Waals surface area contributed by atoms with Crippen molar-refractivity contribution in [2.24, 2.45) is 4.99 Å². The Balaban J connectivity index is 2.40. The first kappa shape index (κ1) is 27.1. The molecule has 1 unspecified atom stereocenters. The van der Waals surface area contributed by atoms with Gasteiger partial charge in [0.05, 0.1) is 7.11 Å². The highest BCUT2D eigenvalue weighted by molar-refractivity contribution is 5.99. The molecule has 1 aromatic heterocycles. The Bertz CT molecular complexity index is 1040. The van der Waals surface area contributed by atoms with Gasteiger partial charge in [-0.1, -0.05) is 13.8 Å². The second-order valence-corrected chi connectivity index (χ2v) is 7.75. The molecule has 0 spiro atoms. The quantitative estimate of drug-likeness (QED) is 0.261. The van der Waals surface area contributed by atoms with Crippen LogP contribution in [-0.4, -0.2) is 42.6 Å². The number of hydrogen-bond acceptors (Lipinski definition) is 6. The van der Waals surface area contributed by atoms with Gasteiger partial charge in [0.15, 0.2) is 6.29 Å². The summed E-state index contributed by atoms with van der Waals surface area (Å²) in [5.41, 5.74) is 1.27. The summed E-state index contributed by atoms with van der Waals surface area (Å²) < 4.78 is 58.4. The highest BCUT2D eigenvalue weighted by Crippen LogP contribution is 2.29. The summed E-state index contributed by atoms with van der Waals surface area (Å²) in [6, 6.07) is 6.76. The second-order valence-electron chi connectivity index (χ2n) is 7.75. The number of nitrogens with one attached hydrogen (secondary N) is 2. The van der Waals surface area contributed by atoms with E-state index in [-0.39, 0.29) is 5.69 Å². The molecule has 1 heterocycles. The van der Waals surface area contributed by atoms with Crippen molar-refractivity contribution in [3.05, 3.63) is 65.0 Å². The van der Waals surface area contributed by atoms with E-state index in [0.717, 1.165) is 17.8 Å². The summed E-state index contributed by atoms with van der Waals surface area (Å²) in [5, 5.41) is 6.33. The number of rotatable bonds is 10. The number of anilines is 1. The van der Waals surface area contributed by atoms with Gasteiger partial charge in [0.25, 0.3) is 0 Å². The summed E-state index contributed by atoms with van der Waals surface area (Å²) in [4.78, 5) is 10.1. The Kier molecular flexibility index (Phi) is 9.43. The number of hydrogen-bond donors (Lipinski definition) is 2. The van der Waals surface area contributed by atoms with Gasteiger partial charge < -0.3 is 15.4 Å². The maximum Gasteiger partial charge on any atom is 0.433 e. The molecule has 0 saturated heterocycles. The molecular formula is C24H31F4N5O. The number of pyridine rings is 1. The number of benzene rings is 1. The number of allylic oxidation sites excluding steroid dienone is 1. The zero-order valence-electron chi connectivity index (χ0n) is 20.2. The molecular weight excluding hydrogens is 450 g/mol.